The second-order valence-electron chi connectivity index (χ2n) is 9.51. The molecule has 2 aliphatic heterocycles. The molecule has 2 aromatic rings. The molecular formula is C32H36N2O9S. The molecule has 234 valence electrons. The Morgan fingerprint density at radius 1 is 1.00 bits per heavy atom. The second-order valence-corrected chi connectivity index (χ2v) is 10.6. The molecule has 0 unspecified atom stereocenters. The third kappa shape index (κ3) is 6.96. The SMILES string of the molecule is C=CCOc1ccc([C@H]2C(C(=O)OCC)=C(C)N[C@@H]3S/C(=C\c4ccc(OCC(=O)OC)c(OCC)c4)C(=O)N32)cc1OC. The molecule has 0 spiro atoms. The molecule has 1 amide bonds. The first-order valence-corrected chi connectivity index (χ1v) is 14.9. The highest BCUT2D eigenvalue weighted by atomic mass is 32.2. The number of rotatable bonds is 13. The lowest BCUT2D eigenvalue weighted by molar-refractivity contribution is -0.143. The number of hydrogen-bond donors (Lipinski definition) is 1. The molecule has 0 saturated carbocycles. The van der Waals surface area contributed by atoms with E-state index in [1.807, 2.05) is 13.0 Å². The summed E-state index contributed by atoms with van der Waals surface area (Å²) >= 11 is 1.33. The fourth-order valence-corrected chi connectivity index (χ4v) is 6.01. The van der Waals surface area contributed by atoms with Crippen LogP contribution >= 0.6 is 11.8 Å². The lowest BCUT2D eigenvalue weighted by Crippen LogP contribution is -2.50. The zero-order valence-electron chi connectivity index (χ0n) is 25.3. The number of allylic oxidation sites excluding steroid dienone is 1. The lowest BCUT2D eigenvalue weighted by Gasteiger charge is -2.39. The minimum atomic E-state index is -0.762. The molecule has 12 heteroatoms. The topological polar surface area (TPSA) is 122 Å². The number of thioether (sulfide) groups is 1. The quantitative estimate of drug-likeness (QED) is 0.191. The van der Waals surface area contributed by atoms with Crippen molar-refractivity contribution in [1.29, 1.82) is 0 Å². The highest BCUT2D eigenvalue weighted by Gasteiger charge is 2.48. The average Bonchev–Trinajstić information content (AvgIpc) is 3.32. The van der Waals surface area contributed by atoms with Crippen molar-refractivity contribution in [1.82, 2.24) is 10.2 Å². The van der Waals surface area contributed by atoms with E-state index in [1.54, 1.807) is 61.2 Å². The summed E-state index contributed by atoms with van der Waals surface area (Å²) in [6.45, 7) is 9.61. The molecule has 0 aromatic heterocycles. The van der Waals surface area contributed by atoms with E-state index in [4.69, 9.17) is 23.7 Å². The van der Waals surface area contributed by atoms with Crippen molar-refractivity contribution in [3.05, 3.63) is 76.4 Å². The Balaban J connectivity index is 1.72. The maximum Gasteiger partial charge on any atom is 0.343 e. The van der Waals surface area contributed by atoms with E-state index in [-0.39, 0.29) is 25.7 Å². The van der Waals surface area contributed by atoms with Crippen LogP contribution in [0.5, 0.6) is 23.0 Å². The van der Waals surface area contributed by atoms with Gasteiger partial charge in [0.15, 0.2) is 35.1 Å². The van der Waals surface area contributed by atoms with Gasteiger partial charge in [0.2, 0.25) is 0 Å². The average molecular weight is 625 g/mol. The van der Waals surface area contributed by atoms with Gasteiger partial charge >= 0.3 is 11.9 Å². The smallest absolute Gasteiger partial charge is 0.343 e. The fourth-order valence-electron chi connectivity index (χ4n) is 4.79. The molecule has 2 aromatic carbocycles. The van der Waals surface area contributed by atoms with Crippen LogP contribution in [0.25, 0.3) is 6.08 Å². The summed E-state index contributed by atoms with van der Waals surface area (Å²) in [5, 5.41) is 3.31. The minimum absolute atomic E-state index is 0.179. The Labute approximate surface area is 260 Å². The predicted octanol–water partition coefficient (Wildman–Crippen LogP) is 4.59. The van der Waals surface area contributed by atoms with Crippen molar-refractivity contribution in [2.75, 3.05) is 40.6 Å². The van der Waals surface area contributed by atoms with E-state index >= 15 is 0 Å². The molecular weight excluding hydrogens is 588 g/mol. The van der Waals surface area contributed by atoms with E-state index in [2.05, 4.69) is 16.6 Å². The van der Waals surface area contributed by atoms with Crippen LogP contribution in [0, 0.1) is 0 Å². The first-order valence-electron chi connectivity index (χ1n) is 14.0. The third-order valence-corrected chi connectivity index (χ3v) is 7.84. The molecule has 2 heterocycles. The van der Waals surface area contributed by atoms with Crippen molar-refractivity contribution in [2.45, 2.75) is 32.3 Å². The Hall–Kier alpha value is -4.58. The summed E-state index contributed by atoms with van der Waals surface area (Å²) in [7, 11) is 2.81. The van der Waals surface area contributed by atoms with Crippen molar-refractivity contribution in [3.63, 3.8) is 0 Å². The molecule has 11 nitrogen and oxygen atoms in total. The molecule has 1 N–H and O–H groups in total. The number of carbonyl (C=O) groups is 3. The summed E-state index contributed by atoms with van der Waals surface area (Å²) in [6.07, 6.45) is 3.38. The van der Waals surface area contributed by atoms with Crippen LogP contribution in [0.1, 0.15) is 37.9 Å². The van der Waals surface area contributed by atoms with Gasteiger partial charge in [-0.25, -0.2) is 9.59 Å². The van der Waals surface area contributed by atoms with Crippen LogP contribution in [0.4, 0.5) is 0 Å². The molecule has 4 rings (SSSR count). The van der Waals surface area contributed by atoms with Crippen molar-refractivity contribution in [2.24, 2.45) is 0 Å². The lowest BCUT2D eigenvalue weighted by atomic mass is 9.93. The number of fused-ring (bicyclic) bond motifs is 1. The number of benzene rings is 2. The highest BCUT2D eigenvalue weighted by molar-refractivity contribution is 8.05. The van der Waals surface area contributed by atoms with Gasteiger partial charge in [-0.1, -0.05) is 36.5 Å². The number of hydrogen-bond acceptors (Lipinski definition) is 11. The fraction of sp³-hybridized carbons (Fsp3) is 0.344. The van der Waals surface area contributed by atoms with Crippen LogP contribution in [0.2, 0.25) is 0 Å². The molecule has 1 saturated heterocycles. The molecule has 0 aliphatic carbocycles. The van der Waals surface area contributed by atoms with Gasteiger partial charge in [0, 0.05) is 5.70 Å². The second kappa shape index (κ2) is 14.7. The van der Waals surface area contributed by atoms with Crippen LogP contribution in [-0.4, -0.2) is 68.9 Å². The normalized spacial score (nSPS) is 18.3. The number of methoxy groups -OCH3 is 2. The monoisotopic (exact) mass is 624 g/mol. The summed E-state index contributed by atoms with van der Waals surface area (Å²) in [4.78, 5) is 41.0. The van der Waals surface area contributed by atoms with E-state index in [9.17, 15) is 14.4 Å². The maximum absolute atomic E-state index is 14.1. The number of amides is 1. The zero-order chi connectivity index (χ0) is 31.8. The van der Waals surface area contributed by atoms with Gasteiger partial charge in [0.25, 0.3) is 5.91 Å². The van der Waals surface area contributed by atoms with Gasteiger partial charge in [-0.3, -0.25) is 9.69 Å². The van der Waals surface area contributed by atoms with Gasteiger partial charge < -0.3 is 33.7 Å². The first-order chi connectivity index (χ1) is 21.3. The van der Waals surface area contributed by atoms with Crippen LogP contribution in [-0.2, 0) is 23.9 Å². The Kier molecular flexibility index (Phi) is 10.8. The molecule has 2 atom stereocenters. The Morgan fingerprint density at radius 2 is 1.75 bits per heavy atom. The Morgan fingerprint density at radius 3 is 2.43 bits per heavy atom. The first kappa shape index (κ1) is 32.3. The molecule has 44 heavy (non-hydrogen) atoms. The van der Waals surface area contributed by atoms with E-state index in [0.717, 1.165) is 0 Å². The van der Waals surface area contributed by atoms with Gasteiger partial charge in [-0.2, -0.15) is 0 Å². The minimum Gasteiger partial charge on any atom is -0.493 e. The number of nitrogens with zero attached hydrogens (tertiary/aromatic N) is 1. The zero-order valence-corrected chi connectivity index (χ0v) is 26.2. The molecule has 0 bridgehead atoms. The maximum atomic E-state index is 14.1. The van der Waals surface area contributed by atoms with Crippen LogP contribution in [0.15, 0.2) is 65.2 Å². The molecule has 0 radical (unpaired) electrons. The molecule has 1 fully saturated rings. The van der Waals surface area contributed by atoms with Crippen LogP contribution in [0.3, 0.4) is 0 Å². The van der Waals surface area contributed by atoms with Crippen LogP contribution < -0.4 is 24.3 Å². The summed E-state index contributed by atoms with van der Waals surface area (Å²) < 4.78 is 32.7. The summed E-state index contributed by atoms with van der Waals surface area (Å²) in [6, 6.07) is 9.72. The Bertz CT molecular complexity index is 1490. The van der Waals surface area contributed by atoms with Crippen molar-refractivity contribution >= 4 is 35.7 Å². The number of ether oxygens (including phenoxy) is 6. The highest BCUT2D eigenvalue weighted by Crippen LogP contribution is 2.48. The predicted molar refractivity (Wildman–Crippen MR) is 165 cm³/mol. The summed E-state index contributed by atoms with van der Waals surface area (Å²) in [5.41, 5.74) is 1.78. The van der Waals surface area contributed by atoms with Gasteiger partial charge in [-0.15, -0.1) is 0 Å². The molecule has 2 aliphatic rings. The number of nitrogens with one attached hydrogen (secondary N) is 1. The van der Waals surface area contributed by atoms with E-state index in [0.29, 0.717) is 56.9 Å². The van der Waals surface area contributed by atoms with E-state index in [1.165, 1.54) is 26.0 Å². The standard InChI is InChI=1S/C32H36N2O9S/c1-7-14-42-22-13-11-21(17-24(22)38-5)29-28(31(37)41-9-3)19(4)33-32-34(29)30(36)26(44-32)16-20-10-12-23(25(15-20)40-8-2)43-18-27(35)39-6/h7,10-13,15-17,29,32-33H,1,8-9,14,18H2,2-6H3/b26-16-/t29-,32-/m0/s1. The van der Waals surface area contributed by atoms with Gasteiger partial charge in [-0.05, 0) is 62.2 Å². The van der Waals surface area contributed by atoms with Crippen molar-refractivity contribution in [3.8, 4) is 23.0 Å². The van der Waals surface area contributed by atoms with Gasteiger partial charge in [0.05, 0.1) is 44.0 Å². The van der Waals surface area contributed by atoms with Gasteiger partial charge in [0.1, 0.15) is 6.61 Å². The third-order valence-electron chi connectivity index (χ3n) is 6.73. The van der Waals surface area contributed by atoms with Crippen molar-refractivity contribution < 1.29 is 42.8 Å². The largest absolute Gasteiger partial charge is 0.493 e. The summed E-state index contributed by atoms with van der Waals surface area (Å²) in [5.74, 6) is 0.432. The van der Waals surface area contributed by atoms with E-state index < -0.39 is 23.5 Å². The number of esters is 2. The number of carbonyl (C=O) groups excluding carboxylic acids is 3.